The quantitative estimate of drug-likeness (QED) is 0.372. The van der Waals surface area contributed by atoms with Crippen LogP contribution < -0.4 is 0 Å². The summed E-state index contributed by atoms with van der Waals surface area (Å²) in [6, 6.07) is 3.96. The molecule has 0 aromatic carbocycles. The van der Waals surface area contributed by atoms with Crippen LogP contribution in [0.5, 0.6) is 0 Å². The number of Topliss-reactive ketones (excluding diaryl/α,β-unsaturated/α-hetero) is 1. The number of hydrogen-bond donors (Lipinski definition) is 0. The van der Waals surface area contributed by atoms with E-state index in [1.54, 1.807) is 11.3 Å². The molecule has 5 nitrogen and oxygen atoms in total. The maximum Gasteiger partial charge on any atom is 0.313 e. The van der Waals surface area contributed by atoms with Gasteiger partial charge >= 0.3 is 5.97 Å². The van der Waals surface area contributed by atoms with Crippen LogP contribution in [0.3, 0.4) is 0 Å². The Morgan fingerprint density at radius 2 is 2.00 bits per heavy atom. The van der Waals surface area contributed by atoms with E-state index >= 15 is 0 Å². The molecule has 6 heteroatoms. The molecular weight excluding hydrogens is 314 g/mol. The first-order chi connectivity index (χ1) is 11.2. The Morgan fingerprint density at radius 3 is 2.74 bits per heavy atom. The molecule has 0 saturated carbocycles. The minimum atomic E-state index is -0.466. The van der Waals surface area contributed by atoms with E-state index in [-0.39, 0.29) is 18.8 Å². The monoisotopic (exact) mass is 339 g/mol. The standard InChI is InChI=1S/C17H25NO4S/c19-15(14-21-11-9-18-7-2-1-3-8-18)13-17(20)22-10-6-16-5-4-12-23-16/h4-5,12H,1-3,6-11,13-14H2. The van der Waals surface area contributed by atoms with Crippen LogP contribution in [0.1, 0.15) is 30.6 Å². The second kappa shape index (κ2) is 10.5. The van der Waals surface area contributed by atoms with Crippen LogP contribution in [-0.2, 0) is 25.5 Å². The summed E-state index contributed by atoms with van der Waals surface area (Å²) >= 11 is 1.63. The number of carbonyl (C=O) groups excluding carboxylic acids is 2. The maximum absolute atomic E-state index is 11.7. The lowest BCUT2D eigenvalue weighted by atomic mass is 10.1. The maximum atomic E-state index is 11.7. The van der Waals surface area contributed by atoms with Crippen molar-refractivity contribution in [2.45, 2.75) is 32.1 Å². The van der Waals surface area contributed by atoms with Crippen LogP contribution in [-0.4, -0.2) is 56.1 Å². The van der Waals surface area contributed by atoms with Crippen LogP contribution in [0, 0.1) is 0 Å². The summed E-state index contributed by atoms with van der Waals surface area (Å²) in [7, 11) is 0. The number of piperidine rings is 1. The van der Waals surface area contributed by atoms with Crippen molar-refractivity contribution in [3.8, 4) is 0 Å². The average molecular weight is 339 g/mol. The molecule has 0 spiro atoms. The van der Waals surface area contributed by atoms with Gasteiger partial charge in [-0.15, -0.1) is 11.3 Å². The fourth-order valence-corrected chi connectivity index (χ4v) is 3.24. The van der Waals surface area contributed by atoms with Gasteiger partial charge in [0.25, 0.3) is 0 Å². The van der Waals surface area contributed by atoms with E-state index in [0.717, 1.165) is 19.6 Å². The normalized spacial score (nSPS) is 15.5. The number of thiophene rings is 1. The van der Waals surface area contributed by atoms with Gasteiger partial charge in [0.2, 0.25) is 0 Å². The fraction of sp³-hybridized carbons (Fsp3) is 0.647. The molecule has 1 fully saturated rings. The molecule has 0 amide bonds. The Morgan fingerprint density at radius 1 is 1.17 bits per heavy atom. The molecule has 1 aromatic rings. The minimum absolute atomic E-state index is 0.00609. The van der Waals surface area contributed by atoms with Crippen molar-refractivity contribution < 1.29 is 19.1 Å². The second-order valence-corrected chi connectivity index (χ2v) is 6.75. The molecule has 0 aliphatic carbocycles. The van der Waals surface area contributed by atoms with Crippen molar-refractivity contribution in [3.05, 3.63) is 22.4 Å². The summed E-state index contributed by atoms with van der Waals surface area (Å²) in [6.07, 6.45) is 4.30. The Labute approximate surface area is 141 Å². The van der Waals surface area contributed by atoms with E-state index in [0.29, 0.717) is 19.6 Å². The molecule has 2 rings (SSSR count). The fourth-order valence-electron chi connectivity index (χ4n) is 2.55. The summed E-state index contributed by atoms with van der Waals surface area (Å²) in [4.78, 5) is 26.7. The largest absolute Gasteiger partial charge is 0.465 e. The molecule has 0 radical (unpaired) electrons. The van der Waals surface area contributed by atoms with E-state index in [1.165, 1.54) is 24.1 Å². The lowest BCUT2D eigenvalue weighted by molar-refractivity contribution is -0.146. The van der Waals surface area contributed by atoms with Gasteiger partial charge in [0.1, 0.15) is 13.0 Å². The third-order valence-electron chi connectivity index (χ3n) is 3.80. The number of likely N-dealkylation sites (tertiary alicyclic amines) is 1. The molecule has 128 valence electrons. The summed E-state index contributed by atoms with van der Waals surface area (Å²) in [5, 5.41) is 1.99. The molecule has 0 N–H and O–H groups in total. The highest BCUT2D eigenvalue weighted by atomic mass is 32.1. The molecule has 1 saturated heterocycles. The van der Waals surface area contributed by atoms with Gasteiger partial charge in [-0.2, -0.15) is 0 Å². The van der Waals surface area contributed by atoms with E-state index in [1.807, 2.05) is 17.5 Å². The molecule has 2 heterocycles. The Balaban J connectivity index is 1.47. The van der Waals surface area contributed by atoms with E-state index < -0.39 is 5.97 Å². The molecule has 1 aliphatic heterocycles. The van der Waals surface area contributed by atoms with Crippen molar-refractivity contribution in [3.63, 3.8) is 0 Å². The Hall–Kier alpha value is -1.24. The van der Waals surface area contributed by atoms with Crippen molar-refractivity contribution in [2.75, 3.05) is 39.5 Å². The van der Waals surface area contributed by atoms with Gasteiger partial charge in [-0.05, 0) is 37.4 Å². The zero-order valence-corrected chi connectivity index (χ0v) is 14.3. The van der Waals surface area contributed by atoms with Crippen molar-refractivity contribution in [2.24, 2.45) is 0 Å². The van der Waals surface area contributed by atoms with E-state index in [2.05, 4.69) is 4.90 Å². The summed E-state index contributed by atoms with van der Waals surface area (Å²) in [6.45, 7) is 3.95. The number of carbonyl (C=O) groups is 2. The topological polar surface area (TPSA) is 55.8 Å². The number of nitrogens with zero attached hydrogens (tertiary/aromatic N) is 1. The predicted octanol–water partition coefficient (Wildman–Crippen LogP) is 2.30. The third kappa shape index (κ3) is 7.72. The van der Waals surface area contributed by atoms with Gasteiger partial charge < -0.3 is 14.4 Å². The van der Waals surface area contributed by atoms with Gasteiger partial charge in [0.05, 0.1) is 13.2 Å². The molecule has 23 heavy (non-hydrogen) atoms. The van der Waals surface area contributed by atoms with Crippen molar-refractivity contribution in [1.82, 2.24) is 4.90 Å². The van der Waals surface area contributed by atoms with Gasteiger partial charge in [-0.3, -0.25) is 9.59 Å². The van der Waals surface area contributed by atoms with E-state index in [9.17, 15) is 9.59 Å². The smallest absolute Gasteiger partial charge is 0.313 e. The SMILES string of the molecule is O=C(COCCN1CCCCC1)CC(=O)OCCc1cccs1. The Kier molecular flexibility index (Phi) is 8.28. The van der Waals surface area contributed by atoms with Crippen LogP contribution in [0.4, 0.5) is 0 Å². The van der Waals surface area contributed by atoms with Gasteiger partial charge in [0.15, 0.2) is 5.78 Å². The Bertz CT molecular complexity index is 469. The molecular formula is C17H25NO4S. The second-order valence-electron chi connectivity index (χ2n) is 5.72. The predicted molar refractivity (Wildman–Crippen MR) is 89.7 cm³/mol. The highest BCUT2D eigenvalue weighted by Gasteiger charge is 2.12. The third-order valence-corrected chi connectivity index (χ3v) is 4.73. The zero-order chi connectivity index (χ0) is 16.3. The molecule has 0 atom stereocenters. The number of hydrogen-bond acceptors (Lipinski definition) is 6. The molecule has 1 aromatic heterocycles. The molecule has 0 unspecified atom stereocenters. The average Bonchev–Trinajstić information content (AvgIpc) is 3.06. The van der Waals surface area contributed by atoms with Crippen LogP contribution in [0.15, 0.2) is 17.5 Å². The van der Waals surface area contributed by atoms with Crippen molar-refractivity contribution >= 4 is 23.1 Å². The van der Waals surface area contributed by atoms with Crippen LogP contribution in [0.2, 0.25) is 0 Å². The summed E-state index contributed by atoms with van der Waals surface area (Å²) in [5.41, 5.74) is 0. The molecule has 1 aliphatic rings. The van der Waals surface area contributed by atoms with Gasteiger partial charge in [-0.25, -0.2) is 0 Å². The van der Waals surface area contributed by atoms with Crippen LogP contribution >= 0.6 is 11.3 Å². The summed E-state index contributed by atoms with van der Waals surface area (Å²) < 4.78 is 10.4. The zero-order valence-electron chi connectivity index (χ0n) is 13.5. The lowest BCUT2D eigenvalue weighted by Gasteiger charge is -2.25. The number of ketones is 1. The highest BCUT2D eigenvalue weighted by Crippen LogP contribution is 2.09. The number of ether oxygens (including phenoxy) is 2. The van der Waals surface area contributed by atoms with E-state index in [4.69, 9.17) is 9.47 Å². The van der Waals surface area contributed by atoms with Crippen LogP contribution in [0.25, 0.3) is 0 Å². The number of esters is 1. The minimum Gasteiger partial charge on any atom is -0.465 e. The first-order valence-electron chi connectivity index (χ1n) is 8.24. The lowest BCUT2D eigenvalue weighted by Crippen LogP contribution is -2.33. The first kappa shape index (κ1) is 18.1. The molecule has 0 bridgehead atoms. The number of rotatable bonds is 10. The van der Waals surface area contributed by atoms with Gasteiger partial charge in [0, 0.05) is 17.8 Å². The summed E-state index contributed by atoms with van der Waals surface area (Å²) in [5.74, 6) is -0.684. The highest BCUT2D eigenvalue weighted by molar-refractivity contribution is 7.09. The first-order valence-corrected chi connectivity index (χ1v) is 9.12. The van der Waals surface area contributed by atoms with Crippen molar-refractivity contribution in [1.29, 1.82) is 0 Å². The van der Waals surface area contributed by atoms with Gasteiger partial charge in [-0.1, -0.05) is 12.5 Å².